The van der Waals surface area contributed by atoms with Gasteiger partial charge in [0, 0.05) is 6.42 Å². The van der Waals surface area contributed by atoms with Crippen molar-refractivity contribution in [3.63, 3.8) is 0 Å². The van der Waals surface area contributed by atoms with E-state index in [0.29, 0.717) is 6.42 Å². The number of esters is 1. The minimum atomic E-state index is -0.110. The molecule has 0 amide bonds. The Hall–Kier alpha value is -0.860. The first kappa shape index (κ1) is 8.24. The topological polar surface area (TPSA) is 43.4 Å². The zero-order valence-corrected chi connectivity index (χ0v) is 6.58. The molecule has 3 heteroatoms. The standard InChI is InChI=1S/C8H12O3/c1-6-7(11-8(6)10)4-2-3-5-9/h5-7H,2-4H2,1H3/t6-,7-/m0/s1. The maximum atomic E-state index is 10.6. The van der Waals surface area contributed by atoms with Gasteiger partial charge in [0.1, 0.15) is 12.4 Å². The Morgan fingerprint density at radius 2 is 2.36 bits per heavy atom. The third kappa shape index (κ3) is 1.79. The molecule has 1 rings (SSSR count). The van der Waals surface area contributed by atoms with Crippen molar-refractivity contribution in [1.29, 1.82) is 0 Å². The second kappa shape index (κ2) is 3.51. The highest BCUT2D eigenvalue weighted by Crippen LogP contribution is 2.25. The highest BCUT2D eigenvalue weighted by Gasteiger charge is 2.37. The number of carbonyl (C=O) groups excluding carboxylic acids is 2. The van der Waals surface area contributed by atoms with E-state index >= 15 is 0 Å². The van der Waals surface area contributed by atoms with Crippen molar-refractivity contribution in [1.82, 2.24) is 0 Å². The molecule has 0 bridgehead atoms. The van der Waals surface area contributed by atoms with Crippen molar-refractivity contribution in [3.8, 4) is 0 Å². The van der Waals surface area contributed by atoms with Gasteiger partial charge in [-0.2, -0.15) is 0 Å². The molecule has 1 aliphatic heterocycles. The zero-order valence-electron chi connectivity index (χ0n) is 6.58. The van der Waals surface area contributed by atoms with E-state index in [1.807, 2.05) is 6.92 Å². The fraction of sp³-hybridized carbons (Fsp3) is 0.750. The van der Waals surface area contributed by atoms with Crippen molar-refractivity contribution in [2.45, 2.75) is 32.3 Å². The lowest BCUT2D eigenvalue weighted by molar-refractivity contribution is -0.183. The minimum Gasteiger partial charge on any atom is -0.461 e. The van der Waals surface area contributed by atoms with Crippen LogP contribution in [0.3, 0.4) is 0 Å². The lowest BCUT2D eigenvalue weighted by atomic mass is 9.95. The molecular weight excluding hydrogens is 144 g/mol. The highest BCUT2D eigenvalue weighted by molar-refractivity contribution is 5.77. The largest absolute Gasteiger partial charge is 0.461 e. The molecule has 0 unspecified atom stereocenters. The van der Waals surface area contributed by atoms with Gasteiger partial charge in [0.15, 0.2) is 0 Å². The first-order valence-electron chi connectivity index (χ1n) is 3.90. The molecule has 0 aromatic carbocycles. The summed E-state index contributed by atoms with van der Waals surface area (Å²) in [5, 5.41) is 0. The smallest absolute Gasteiger partial charge is 0.312 e. The van der Waals surface area contributed by atoms with Gasteiger partial charge in [-0.25, -0.2) is 0 Å². The first-order chi connectivity index (χ1) is 5.25. The number of ether oxygens (including phenoxy) is 1. The predicted octanol–water partition coefficient (Wildman–Crippen LogP) is 0.917. The summed E-state index contributed by atoms with van der Waals surface area (Å²) in [6.07, 6.45) is 3.19. The maximum Gasteiger partial charge on any atom is 0.312 e. The third-order valence-corrected chi connectivity index (χ3v) is 2.01. The highest BCUT2D eigenvalue weighted by atomic mass is 16.6. The van der Waals surface area contributed by atoms with Gasteiger partial charge in [-0.15, -0.1) is 0 Å². The Balaban J connectivity index is 2.10. The first-order valence-corrected chi connectivity index (χ1v) is 3.90. The molecular formula is C8H12O3. The third-order valence-electron chi connectivity index (χ3n) is 2.01. The molecule has 0 N–H and O–H groups in total. The van der Waals surface area contributed by atoms with Crippen LogP contribution in [-0.2, 0) is 14.3 Å². The fourth-order valence-electron chi connectivity index (χ4n) is 1.15. The van der Waals surface area contributed by atoms with Crippen LogP contribution in [0.4, 0.5) is 0 Å². The maximum absolute atomic E-state index is 10.6. The summed E-state index contributed by atoms with van der Waals surface area (Å²) in [5.41, 5.74) is 0. The fourth-order valence-corrected chi connectivity index (χ4v) is 1.15. The van der Waals surface area contributed by atoms with Gasteiger partial charge in [-0.3, -0.25) is 4.79 Å². The van der Waals surface area contributed by atoms with E-state index in [1.165, 1.54) is 0 Å². The number of unbranched alkanes of at least 4 members (excludes halogenated alkanes) is 1. The molecule has 2 atom stereocenters. The summed E-state index contributed by atoms with van der Waals surface area (Å²) in [7, 11) is 0. The molecule has 0 aromatic heterocycles. The minimum absolute atomic E-state index is 0.0432. The Kier molecular flexibility index (Phi) is 2.63. The van der Waals surface area contributed by atoms with Gasteiger partial charge in [-0.05, 0) is 19.8 Å². The number of cyclic esters (lactones) is 1. The van der Waals surface area contributed by atoms with Crippen LogP contribution in [0.15, 0.2) is 0 Å². The normalized spacial score (nSPS) is 29.0. The summed E-state index contributed by atoms with van der Waals surface area (Å²) in [5.74, 6) is -0.0669. The van der Waals surface area contributed by atoms with Crippen molar-refractivity contribution >= 4 is 12.3 Å². The van der Waals surface area contributed by atoms with E-state index in [9.17, 15) is 9.59 Å². The summed E-state index contributed by atoms with van der Waals surface area (Å²) < 4.78 is 4.84. The van der Waals surface area contributed by atoms with Crippen LogP contribution in [0.1, 0.15) is 26.2 Å². The molecule has 11 heavy (non-hydrogen) atoms. The van der Waals surface area contributed by atoms with E-state index in [0.717, 1.165) is 19.1 Å². The summed E-state index contributed by atoms with van der Waals surface area (Å²) >= 11 is 0. The summed E-state index contributed by atoms with van der Waals surface area (Å²) in [6.45, 7) is 1.86. The van der Waals surface area contributed by atoms with Crippen molar-refractivity contribution in [3.05, 3.63) is 0 Å². The Morgan fingerprint density at radius 1 is 1.64 bits per heavy atom. The molecule has 1 saturated heterocycles. The van der Waals surface area contributed by atoms with Gasteiger partial charge in [0.05, 0.1) is 5.92 Å². The Morgan fingerprint density at radius 3 is 2.82 bits per heavy atom. The second-order valence-electron chi connectivity index (χ2n) is 2.86. The van der Waals surface area contributed by atoms with E-state index in [4.69, 9.17) is 4.74 Å². The molecule has 0 spiro atoms. The van der Waals surface area contributed by atoms with Crippen LogP contribution in [0, 0.1) is 5.92 Å². The lowest BCUT2D eigenvalue weighted by Gasteiger charge is -2.32. The predicted molar refractivity (Wildman–Crippen MR) is 39.0 cm³/mol. The molecule has 1 aliphatic rings. The van der Waals surface area contributed by atoms with Crippen LogP contribution in [0.25, 0.3) is 0 Å². The van der Waals surface area contributed by atoms with E-state index < -0.39 is 0 Å². The SMILES string of the molecule is C[C@@H]1C(=O)O[C@H]1CCCC=O. The van der Waals surface area contributed by atoms with Crippen molar-refractivity contribution in [2.75, 3.05) is 0 Å². The van der Waals surface area contributed by atoms with Crippen molar-refractivity contribution in [2.24, 2.45) is 5.92 Å². The van der Waals surface area contributed by atoms with Crippen molar-refractivity contribution < 1.29 is 14.3 Å². The average Bonchev–Trinajstić information content (AvgIpc) is 2.03. The molecule has 3 nitrogen and oxygen atoms in total. The van der Waals surface area contributed by atoms with Gasteiger partial charge >= 0.3 is 5.97 Å². The van der Waals surface area contributed by atoms with Crippen LogP contribution >= 0.6 is 0 Å². The monoisotopic (exact) mass is 156 g/mol. The quantitative estimate of drug-likeness (QED) is 0.345. The number of carbonyl (C=O) groups is 2. The molecule has 62 valence electrons. The summed E-state index contributed by atoms with van der Waals surface area (Å²) in [6, 6.07) is 0. The molecule has 1 fully saturated rings. The zero-order chi connectivity index (χ0) is 8.27. The number of rotatable bonds is 4. The second-order valence-corrected chi connectivity index (χ2v) is 2.86. The van der Waals surface area contributed by atoms with Crippen LogP contribution in [0.2, 0.25) is 0 Å². The molecule has 0 aliphatic carbocycles. The Bertz CT molecular complexity index is 165. The lowest BCUT2D eigenvalue weighted by Crippen LogP contribution is -2.42. The molecule has 1 heterocycles. The van der Waals surface area contributed by atoms with Crippen LogP contribution in [-0.4, -0.2) is 18.4 Å². The molecule has 0 aromatic rings. The number of hydrogen-bond donors (Lipinski definition) is 0. The van der Waals surface area contributed by atoms with E-state index in [2.05, 4.69) is 0 Å². The van der Waals surface area contributed by atoms with Gasteiger partial charge < -0.3 is 9.53 Å². The summed E-state index contributed by atoms with van der Waals surface area (Å²) in [4.78, 5) is 20.5. The van der Waals surface area contributed by atoms with Crippen LogP contribution in [0.5, 0.6) is 0 Å². The van der Waals surface area contributed by atoms with Crippen LogP contribution < -0.4 is 0 Å². The number of aldehydes is 1. The van der Waals surface area contributed by atoms with E-state index in [1.54, 1.807) is 0 Å². The van der Waals surface area contributed by atoms with E-state index in [-0.39, 0.29) is 18.0 Å². The van der Waals surface area contributed by atoms with Gasteiger partial charge in [-0.1, -0.05) is 0 Å². The molecule has 0 saturated carbocycles. The molecule has 0 radical (unpaired) electrons. The average molecular weight is 156 g/mol. The Labute approximate surface area is 65.7 Å². The van der Waals surface area contributed by atoms with Gasteiger partial charge in [0.2, 0.25) is 0 Å². The van der Waals surface area contributed by atoms with Gasteiger partial charge in [0.25, 0.3) is 0 Å². The number of hydrogen-bond acceptors (Lipinski definition) is 3.